The number of nitrogen functional groups attached to an aromatic ring is 1. The van der Waals surface area contributed by atoms with Gasteiger partial charge in [-0.25, -0.2) is 4.39 Å². The van der Waals surface area contributed by atoms with E-state index in [-0.39, 0.29) is 18.2 Å². The predicted octanol–water partition coefficient (Wildman–Crippen LogP) is 2.55. The van der Waals surface area contributed by atoms with E-state index in [0.717, 1.165) is 12.3 Å². The van der Waals surface area contributed by atoms with Crippen LogP contribution < -0.4 is 11.1 Å². The fraction of sp³-hybridized carbons (Fsp3) is 0.500. The molecule has 5 heteroatoms. The SMILES string of the molecule is Nc1cc(NC(=O)COCCC2CCC2)ccc1F. The van der Waals surface area contributed by atoms with E-state index in [1.165, 1.54) is 37.5 Å². The van der Waals surface area contributed by atoms with Gasteiger partial charge in [-0.1, -0.05) is 19.3 Å². The van der Waals surface area contributed by atoms with Gasteiger partial charge in [0.15, 0.2) is 0 Å². The lowest BCUT2D eigenvalue weighted by Gasteiger charge is -2.24. The van der Waals surface area contributed by atoms with Crippen LogP contribution in [-0.2, 0) is 9.53 Å². The van der Waals surface area contributed by atoms with Crippen molar-refractivity contribution < 1.29 is 13.9 Å². The second kappa shape index (κ2) is 6.52. The molecule has 0 aliphatic heterocycles. The maximum atomic E-state index is 12.9. The summed E-state index contributed by atoms with van der Waals surface area (Å²) in [5, 5.41) is 2.62. The van der Waals surface area contributed by atoms with E-state index in [2.05, 4.69) is 5.32 Å². The number of nitrogens with two attached hydrogens (primary N) is 1. The van der Waals surface area contributed by atoms with Gasteiger partial charge in [-0.05, 0) is 30.5 Å². The number of ether oxygens (including phenoxy) is 1. The number of carbonyl (C=O) groups is 1. The van der Waals surface area contributed by atoms with Gasteiger partial charge in [0, 0.05) is 12.3 Å². The minimum absolute atomic E-state index is 0.0173. The Labute approximate surface area is 112 Å². The van der Waals surface area contributed by atoms with Crippen molar-refractivity contribution in [2.45, 2.75) is 25.7 Å². The third kappa shape index (κ3) is 4.21. The third-order valence-electron chi connectivity index (χ3n) is 3.41. The van der Waals surface area contributed by atoms with Gasteiger partial charge in [-0.2, -0.15) is 0 Å². The number of rotatable bonds is 6. The van der Waals surface area contributed by atoms with E-state index >= 15 is 0 Å². The first-order valence-corrected chi connectivity index (χ1v) is 6.58. The Hall–Kier alpha value is -1.62. The van der Waals surface area contributed by atoms with Gasteiger partial charge in [0.1, 0.15) is 12.4 Å². The summed E-state index contributed by atoms with van der Waals surface area (Å²) in [6.45, 7) is 0.633. The van der Waals surface area contributed by atoms with Crippen LogP contribution in [0.15, 0.2) is 18.2 Å². The number of carbonyl (C=O) groups excluding carboxylic acids is 1. The van der Waals surface area contributed by atoms with E-state index in [0.29, 0.717) is 12.3 Å². The highest BCUT2D eigenvalue weighted by molar-refractivity contribution is 5.92. The fourth-order valence-corrected chi connectivity index (χ4v) is 2.01. The Morgan fingerprint density at radius 1 is 1.47 bits per heavy atom. The maximum Gasteiger partial charge on any atom is 0.250 e. The van der Waals surface area contributed by atoms with Crippen LogP contribution in [0.2, 0.25) is 0 Å². The van der Waals surface area contributed by atoms with E-state index in [1.807, 2.05) is 0 Å². The zero-order valence-electron chi connectivity index (χ0n) is 10.8. The lowest BCUT2D eigenvalue weighted by Crippen LogP contribution is -2.20. The molecule has 4 nitrogen and oxygen atoms in total. The standard InChI is InChI=1S/C14H19FN2O2/c15-12-5-4-11(8-13(12)16)17-14(18)9-19-7-6-10-2-1-3-10/h4-5,8,10H,1-3,6-7,9,16H2,(H,17,18). The number of halogens is 1. The van der Waals surface area contributed by atoms with Crippen LogP contribution in [0.3, 0.4) is 0 Å². The summed E-state index contributed by atoms with van der Waals surface area (Å²) in [5.74, 6) is 0.0364. The molecule has 1 aliphatic carbocycles. The first-order chi connectivity index (χ1) is 9.15. The number of amides is 1. The molecule has 0 saturated heterocycles. The number of nitrogens with one attached hydrogen (secondary N) is 1. The fourth-order valence-electron chi connectivity index (χ4n) is 2.01. The van der Waals surface area contributed by atoms with Gasteiger partial charge >= 0.3 is 0 Å². The molecule has 1 aliphatic rings. The molecule has 2 rings (SSSR count). The Kier molecular flexibility index (Phi) is 4.74. The quantitative estimate of drug-likeness (QED) is 0.614. The number of hydrogen-bond donors (Lipinski definition) is 2. The Bertz CT molecular complexity index is 447. The number of hydrogen-bond acceptors (Lipinski definition) is 3. The van der Waals surface area contributed by atoms with Crippen LogP contribution in [0.5, 0.6) is 0 Å². The summed E-state index contributed by atoms with van der Waals surface area (Å²) in [5.41, 5.74) is 5.91. The molecule has 0 spiro atoms. The summed E-state index contributed by atoms with van der Waals surface area (Å²) in [7, 11) is 0. The second-order valence-electron chi connectivity index (χ2n) is 4.92. The molecule has 0 radical (unpaired) electrons. The van der Waals surface area contributed by atoms with Crippen LogP contribution >= 0.6 is 0 Å². The van der Waals surface area contributed by atoms with Crippen molar-refractivity contribution >= 4 is 17.3 Å². The van der Waals surface area contributed by atoms with E-state index in [9.17, 15) is 9.18 Å². The van der Waals surface area contributed by atoms with Crippen molar-refractivity contribution in [3.63, 3.8) is 0 Å². The molecule has 0 atom stereocenters. The molecule has 0 aromatic heterocycles. The summed E-state index contributed by atoms with van der Waals surface area (Å²) in [6.07, 6.45) is 4.91. The van der Waals surface area contributed by atoms with Crippen molar-refractivity contribution in [2.24, 2.45) is 5.92 Å². The van der Waals surface area contributed by atoms with Crippen molar-refractivity contribution in [3.05, 3.63) is 24.0 Å². The second-order valence-corrected chi connectivity index (χ2v) is 4.92. The van der Waals surface area contributed by atoms with Crippen LogP contribution in [0, 0.1) is 11.7 Å². The van der Waals surface area contributed by atoms with Crippen molar-refractivity contribution in [3.8, 4) is 0 Å². The topological polar surface area (TPSA) is 64.3 Å². The van der Waals surface area contributed by atoms with Gasteiger partial charge in [-0.3, -0.25) is 4.79 Å². The lowest BCUT2D eigenvalue weighted by atomic mass is 9.83. The monoisotopic (exact) mass is 266 g/mol. The molecule has 1 aromatic rings. The van der Waals surface area contributed by atoms with Crippen LogP contribution in [0.25, 0.3) is 0 Å². The highest BCUT2D eigenvalue weighted by Gasteiger charge is 2.16. The van der Waals surface area contributed by atoms with E-state index in [4.69, 9.17) is 10.5 Å². The number of anilines is 2. The Morgan fingerprint density at radius 3 is 2.89 bits per heavy atom. The Morgan fingerprint density at radius 2 is 2.26 bits per heavy atom. The van der Waals surface area contributed by atoms with Crippen molar-refractivity contribution in [1.82, 2.24) is 0 Å². The summed E-state index contributed by atoms with van der Waals surface area (Å²) in [6, 6.07) is 4.09. The highest BCUT2D eigenvalue weighted by Crippen LogP contribution is 2.29. The number of benzene rings is 1. The summed E-state index contributed by atoms with van der Waals surface area (Å²) >= 11 is 0. The minimum atomic E-state index is -0.491. The normalized spacial score (nSPS) is 15.0. The smallest absolute Gasteiger partial charge is 0.250 e. The van der Waals surface area contributed by atoms with E-state index in [1.54, 1.807) is 0 Å². The maximum absolute atomic E-state index is 12.9. The van der Waals surface area contributed by atoms with Gasteiger partial charge in [0.25, 0.3) is 0 Å². The minimum Gasteiger partial charge on any atom is -0.396 e. The lowest BCUT2D eigenvalue weighted by molar-refractivity contribution is -0.120. The largest absolute Gasteiger partial charge is 0.396 e. The molecule has 1 fully saturated rings. The molecule has 0 unspecified atom stereocenters. The van der Waals surface area contributed by atoms with Crippen LogP contribution in [-0.4, -0.2) is 19.1 Å². The molecule has 19 heavy (non-hydrogen) atoms. The van der Waals surface area contributed by atoms with Crippen molar-refractivity contribution in [1.29, 1.82) is 0 Å². The molecule has 0 bridgehead atoms. The molecule has 1 saturated carbocycles. The van der Waals surface area contributed by atoms with Gasteiger partial charge in [0.2, 0.25) is 5.91 Å². The van der Waals surface area contributed by atoms with Gasteiger partial charge in [-0.15, -0.1) is 0 Å². The average Bonchev–Trinajstić information content (AvgIpc) is 2.31. The first-order valence-electron chi connectivity index (χ1n) is 6.58. The van der Waals surface area contributed by atoms with E-state index < -0.39 is 5.82 Å². The molecule has 0 heterocycles. The first kappa shape index (κ1) is 13.8. The molecular formula is C14H19FN2O2. The van der Waals surface area contributed by atoms with Crippen LogP contribution in [0.1, 0.15) is 25.7 Å². The predicted molar refractivity (Wildman–Crippen MR) is 72.2 cm³/mol. The zero-order valence-corrected chi connectivity index (χ0v) is 10.8. The summed E-state index contributed by atoms with van der Waals surface area (Å²) in [4.78, 5) is 11.6. The molecular weight excluding hydrogens is 247 g/mol. The zero-order chi connectivity index (χ0) is 13.7. The molecule has 3 N–H and O–H groups in total. The highest BCUT2D eigenvalue weighted by atomic mass is 19.1. The van der Waals surface area contributed by atoms with Crippen LogP contribution in [0.4, 0.5) is 15.8 Å². The molecule has 1 amide bonds. The summed E-state index contributed by atoms with van der Waals surface area (Å²) < 4.78 is 18.2. The third-order valence-corrected chi connectivity index (χ3v) is 3.41. The average molecular weight is 266 g/mol. The molecule has 104 valence electrons. The van der Waals surface area contributed by atoms with Gasteiger partial charge < -0.3 is 15.8 Å². The molecule has 1 aromatic carbocycles. The Balaban J connectivity index is 1.66. The van der Waals surface area contributed by atoms with Crippen molar-refractivity contribution in [2.75, 3.05) is 24.3 Å². The van der Waals surface area contributed by atoms with Gasteiger partial charge in [0.05, 0.1) is 5.69 Å².